The number of fused-ring (bicyclic) bond motifs is 1. The van der Waals surface area contributed by atoms with Crippen LogP contribution in [0, 0.1) is 6.92 Å². The maximum atomic E-state index is 10.7. The SMILES string of the molecule is Cc1cc(-c2cc(Cl)c3ccccc3c2)cc(-c2nnc(SCC(=O)O)[nH]2)c1. The predicted molar refractivity (Wildman–Crippen MR) is 113 cm³/mol. The average molecular weight is 410 g/mol. The summed E-state index contributed by atoms with van der Waals surface area (Å²) < 4.78 is 0. The van der Waals surface area contributed by atoms with Crippen LogP contribution in [0.15, 0.2) is 59.8 Å². The number of nitrogens with zero attached hydrogens (tertiary/aromatic N) is 2. The van der Waals surface area contributed by atoms with Crippen molar-refractivity contribution in [2.45, 2.75) is 12.1 Å². The van der Waals surface area contributed by atoms with E-state index in [0.29, 0.717) is 16.0 Å². The van der Waals surface area contributed by atoms with Crippen LogP contribution in [-0.2, 0) is 4.79 Å². The first-order chi connectivity index (χ1) is 13.5. The number of aromatic nitrogens is 3. The van der Waals surface area contributed by atoms with Crippen molar-refractivity contribution in [2.75, 3.05) is 5.75 Å². The molecule has 1 heterocycles. The number of aliphatic carboxylic acids is 1. The van der Waals surface area contributed by atoms with E-state index in [0.717, 1.165) is 44.8 Å². The number of aromatic amines is 1. The van der Waals surface area contributed by atoms with Crippen molar-refractivity contribution in [3.63, 3.8) is 0 Å². The molecular weight excluding hydrogens is 394 g/mol. The lowest BCUT2D eigenvalue weighted by atomic mass is 9.97. The number of carboxylic acid groups (broad SMARTS) is 1. The zero-order chi connectivity index (χ0) is 19.7. The highest BCUT2D eigenvalue weighted by Crippen LogP contribution is 2.33. The first-order valence-corrected chi connectivity index (χ1v) is 9.94. The van der Waals surface area contributed by atoms with E-state index >= 15 is 0 Å². The molecule has 4 aromatic rings. The monoisotopic (exact) mass is 409 g/mol. The van der Waals surface area contributed by atoms with Crippen molar-refractivity contribution in [1.29, 1.82) is 0 Å². The number of carboxylic acids is 1. The topological polar surface area (TPSA) is 78.9 Å². The number of hydrogen-bond donors (Lipinski definition) is 2. The Balaban J connectivity index is 1.73. The van der Waals surface area contributed by atoms with Gasteiger partial charge in [0.1, 0.15) is 0 Å². The van der Waals surface area contributed by atoms with Gasteiger partial charge in [-0.3, -0.25) is 4.79 Å². The molecule has 0 bridgehead atoms. The molecule has 1 aromatic heterocycles. The van der Waals surface area contributed by atoms with Crippen LogP contribution < -0.4 is 0 Å². The number of thioether (sulfide) groups is 1. The molecule has 5 nitrogen and oxygen atoms in total. The van der Waals surface area contributed by atoms with Gasteiger partial charge in [-0.05, 0) is 53.3 Å². The van der Waals surface area contributed by atoms with Crippen molar-refractivity contribution < 1.29 is 9.90 Å². The molecule has 0 unspecified atom stereocenters. The molecule has 0 spiro atoms. The maximum absolute atomic E-state index is 10.7. The van der Waals surface area contributed by atoms with Gasteiger partial charge >= 0.3 is 5.97 Å². The number of aryl methyl sites for hydroxylation is 1. The Kier molecular flexibility index (Phi) is 5.07. The minimum Gasteiger partial charge on any atom is -0.481 e. The largest absolute Gasteiger partial charge is 0.481 e. The fraction of sp³-hybridized carbons (Fsp3) is 0.0952. The van der Waals surface area contributed by atoms with E-state index < -0.39 is 5.97 Å². The summed E-state index contributed by atoms with van der Waals surface area (Å²) in [5.41, 5.74) is 4.01. The number of hydrogen-bond acceptors (Lipinski definition) is 4. The smallest absolute Gasteiger partial charge is 0.313 e. The van der Waals surface area contributed by atoms with Gasteiger partial charge in [0, 0.05) is 16.0 Å². The molecule has 0 atom stereocenters. The zero-order valence-electron chi connectivity index (χ0n) is 14.9. The van der Waals surface area contributed by atoms with Gasteiger partial charge in [0.15, 0.2) is 11.0 Å². The number of carbonyl (C=O) groups is 1. The van der Waals surface area contributed by atoms with Crippen LogP contribution in [0.3, 0.4) is 0 Å². The third-order valence-electron chi connectivity index (χ3n) is 4.29. The summed E-state index contributed by atoms with van der Waals surface area (Å²) in [5, 5.41) is 20.3. The number of nitrogens with one attached hydrogen (secondary N) is 1. The predicted octanol–water partition coefficient (Wildman–Crippen LogP) is 5.43. The number of H-pyrrole nitrogens is 1. The Hall–Kier alpha value is -2.83. The third kappa shape index (κ3) is 3.88. The molecule has 0 amide bonds. The van der Waals surface area contributed by atoms with Crippen molar-refractivity contribution in [1.82, 2.24) is 15.2 Å². The summed E-state index contributed by atoms with van der Waals surface area (Å²) in [7, 11) is 0. The molecule has 0 saturated carbocycles. The molecular formula is C21H16ClN3O2S. The lowest BCUT2D eigenvalue weighted by Crippen LogP contribution is -1.97. The van der Waals surface area contributed by atoms with E-state index in [1.807, 2.05) is 49.4 Å². The Morgan fingerprint density at radius 1 is 1.07 bits per heavy atom. The normalized spacial score (nSPS) is 11.1. The molecule has 4 rings (SSSR count). The molecule has 7 heteroatoms. The first-order valence-electron chi connectivity index (χ1n) is 8.57. The summed E-state index contributed by atoms with van der Waals surface area (Å²) in [6.45, 7) is 2.02. The summed E-state index contributed by atoms with van der Waals surface area (Å²) in [6, 6.07) is 18.2. The standard InChI is InChI=1S/C21H16ClN3O2S/c1-12-6-14(15-8-13-4-2-3-5-17(13)18(22)10-15)9-16(7-12)20-23-21(25-24-20)28-11-19(26)27/h2-10H,11H2,1H3,(H,26,27)(H,23,24,25). The minimum absolute atomic E-state index is 0.0662. The van der Waals surface area contributed by atoms with Gasteiger partial charge in [-0.2, -0.15) is 0 Å². The van der Waals surface area contributed by atoms with Gasteiger partial charge in [0.25, 0.3) is 0 Å². The molecule has 0 saturated heterocycles. The van der Waals surface area contributed by atoms with Gasteiger partial charge in [-0.25, -0.2) is 0 Å². The third-order valence-corrected chi connectivity index (χ3v) is 5.46. The second kappa shape index (κ2) is 7.66. The van der Waals surface area contributed by atoms with Crippen LogP contribution >= 0.6 is 23.4 Å². The highest BCUT2D eigenvalue weighted by molar-refractivity contribution is 7.99. The van der Waals surface area contributed by atoms with Crippen LogP contribution in [0.25, 0.3) is 33.3 Å². The van der Waals surface area contributed by atoms with Crippen LogP contribution in [-0.4, -0.2) is 32.0 Å². The lowest BCUT2D eigenvalue weighted by Gasteiger charge is -2.09. The molecule has 0 fully saturated rings. The van der Waals surface area contributed by atoms with Crippen LogP contribution in [0.5, 0.6) is 0 Å². The quantitative estimate of drug-likeness (QED) is 0.429. The van der Waals surface area contributed by atoms with Crippen molar-refractivity contribution >= 4 is 40.1 Å². The second-order valence-corrected chi connectivity index (χ2v) is 7.80. The highest BCUT2D eigenvalue weighted by atomic mass is 35.5. The van der Waals surface area contributed by atoms with Crippen LogP contribution in [0.4, 0.5) is 0 Å². The molecule has 3 aromatic carbocycles. The maximum Gasteiger partial charge on any atom is 0.313 e. The van der Waals surface area contributed by atoms with Crippen molar-refractivity contribution in [3.05, 3.63) is 65.2 Å². The zero-order valence-corrected chi connectivity index (χ0v) is 16.5. The average Bonchev–Trinajstić information content (AvgIpc) is 3.15. The van der Waals surface area contributed by atoms with Crippen LogP contribution in [0.1, 0.15) is 5.56 Å². The van der Waals surface area contributed by atoms with E-state index in [2.05, 4.69) is 27.3 Å². The molecule has 28 heavy (non-hydrogen) atoms. The number of halogens is 1. The van der Waals surface area contributed by atoms with Crippen molar-refractivity contribution in [2.24, 2.45) is 0 Å². The Bertz CT molecular complexity index is 1190. The fourth-order valence-corrected chi connectivity index (χ4v) is 3.91. The summed E-state index contributed by atoms with van der Waals surface area (Å²) in [6.07, 6.45) is 0. The van der Waals surface area contributed by atoms with E-state index in [-0.39, 0.29) is 5.75 Å². The van der Waals surface area contributed by atoms with Gasteiger partial charge in [0.2, 0.25) is 0 Å². The second-order valence-electron chi connectivity index (χ2n) is 6.43. The Morgan fingerprint density at radius 3 is 2.64 bits per heavy atom. The Morgan fingerprint density at radius 2 is 1.82 bits per heavy atom. The summed E-state index contributed by atoms with van der Waals surface area (Å²) >= 11 is 7.60. The summed E-state index contributed by atoms with van der Waals surface area (Å²) in [5.74, 6) is -0.359. The minimum atomic E-state index is -0.894. The molecule has 140 valence electrons. The lowest BCUT2D eigenvalue weighted by molar-refractivity contribution is -0.133. The van der Waals surface area contributed by atoms with Gasteiger partial charge in [-0.1, -0.05) is 53.7 Å². The molecule has 0 aliphatic heterocycles. The fourth-order valence-electron chi connectivity index (χ4n) is 3.09. The van der Waals surface area contributed by atoms with Crippen LogP contribution in [0.2, 0.25) is 5.02 Å². The molecule has 0 radical (unpaired) electrons. The summed E-state index contributed by atoms with van der Waals surface area (Å²) in [4.78, 5) is 13.8. The first kappa shape index (κ1) is 18.5. The van der Waals surface area contributed by atoms with E-state index in [1.54, 1.807) is 0 Å². The van der Waals surface area contributed by atoms with Gasteiger partial charge in [0.05, 0.1) is 5.75 Å². The highest BCUT2D eigenvalue weighted by Gasteiger charge is 2.11. The van der Waals surface area contributed by atoms with E-state index in [1.165, 1.54) is 0 Å². The number of rotatable bonds is 5. The number of benzene rings is 3. The van der Waals surface area contributed by atoms with E-state index in [4.69, 9.17) is 16.7 Å². The Labute approximate surface area is 170 Å². The van der Waals surface area contributed by atoms with Gasteiger partial charge in [-0.15, -0.1) is 10.2 Å². The molecule has 2 N–H and O–H groups in total. The van der Waals surface area contributed by atoms with E-state index in [9.17, 15) is 4.79 Å². The molecule has 0 aliphatic rings. The van der Waals surface area contributed by atoms with Crippen molar-refractivity contribution in [3.8, 4) is 22.5 Å². The molecule has 0 aliphatic carbocycles. The van der Waals surface area contributed by atoms with Gasteiger partial charge < -0.3 is 10.1 Å².